The summed E-state index contributed by atoms with van der Waals surface area (Å²) in [6.45, 7) is 0. The van der Waals surface area contributed by atoms with Gasteiger partial charge >= 0.3 is 0 Å². The van der Waals surface area contributed by atoms with Crippen LogP contribution >= 0.6 is 11.3 Å². The van der Waals surface area contributed by atoms with Gasteiger partial charge in [-0.3, -0.25) is 0 Å². The van der Waals surface area contributed by atoms with Crippen molar-refractivity contribution in [2.75, 3.05) is 4.90 Å². The molecule has 10 rings (SSSR count). The van der Waals surface area contributed by atoms with Crippen LogP contribution in [0, 0.1) is 0 Å². The van der Waals surface area contributed by atoms with Crippen LogP contribution in [0.15, 0.2) is 176 Å². The van der Waals surface area contributed by atoms with Crippen LogP contribution in [0.4, 0.5) is 17.1 Å². The van der Waals surface area contributed by atoms with Crippen LogP contribution < -0.4 is 4.90 Å². The molecule has 0 aliphatic carbocycles. The summed E-state index contributed by atoms with van der Waals surface area (Å²) in [5, 5.41) is 12.9. The molecule has 48 heavy (non-hydrogen) atoms. The second kappa shape index (κ2) is 10.8. The van der Waals surface area contributed by atoms with E-state index in [2.05, 4.69) is 181 Å². The lowest BCUT2D eigenvalue weighted by atomic mass is 9.93. The number of benzene rings is 9. The second-order valence-corrected chi connectivity index (χ2v) is 13.6. The van der Waals surface area contributed by atoms with Crippen molar-refractivity contribution in [2.45, 2.75) is 0 Å². The van der Waals surface area contributed by atoms with E-state index < -0.39 is 0 Å². The van der Waals surface area contributed by atoms with Crippen molar-refractivity contribution in [3.05, 3.63) is 176 Å². The number of nitrogens with zero attached hydrogens (tertiary/aromatic N) is 1. The summed E-state index contributed by atoms with van der Waals surface area (Å²) in [5.74, 6) is 0. The lowest BCUT2D eigenvalue weighted by molar-refractivity contribution is 1.29. The first-order chi connectivity index (χ1) is 23.8. The van der Waals surface area contributed by atoms with Gasteiger partial charge in [0.25, 0.3) is 0 Å². The summed E-state index contributed by atoms with van der Waals surface area (Å²) in [4.78, 5) is 2.39. The fourth-order valence-electron chi connectivity index (χ4n) is 7.51. The highest BCUT2D eigenvalue weighted by Crippen LogP contribution is 2.44. The minimum atomic E-state index is 1.13. The number of fused-ring (bicyclic) bond motifs is 10. The van der Waals surface area contributed by atoms with E-state index in [1.807, 2.05) is 11.3 Å². The highest BCUT2D eigenvalue weighted by atomic mass is 32.1. The molecular formula is C46H29NS. The molecule has 224 valence electrons. The average molecular weight is 628 g/mol. The first kappa shape index (κ1) is 27.2. The first-order valence-corrected chi connectivity index (χ1v) is 17.2. The molecule has 0 amide bonds. The van der Waals surface area contributed by atoms with Gasteiger partial charge in [0.2, 0.25) is 0 Å². The number of anilines is 3. The Morgan fingerprint density at radius 1 is 0.312 bits per heavy atom. The Morgan fingerprint density at radius 2 is 0.896 bits per heavy atom. The van der Waals surface area contributed by atoms with E-state index >= 15 is 0 Å². The van der Waals surface area contributed by atoms with E-state index in [4.69, 9.17) is 0 Å². The van der Waals surface area contributed by atoms with E-state index in [-0.39, 0.29) is 0 Å². The van der Waals surface area contributed by atoms with E-state index in [1.165, 1.54) is 74.4 Å². The van der Waals surface area contributed by atoms with E-state index in [0.29, 0.717) is 0 Å². The molecule has 0 saturated heterocycles. The smallest absolute Gasteiger partial charge is 0.0468 e. The molecule has 0 N–H and O–H groups in total. The van der Waals surface area contributed by atoms with Crippen molar-refractivity contribution in [1.82, 2.24) is 0 Å². The minimum Gasteiger partial charge on any atom is -0.310 e. The van der Waals surface area contributed by atoms with Crippen LogP contribution in [0.5, 0.6) is 0 Å². The van der Waals surface area contributed by atoms with Gasteiger partial charge in [0.1, 0.15) is 0 Å². The van der Waals surface area contributed by atoms with Crippen molar-refractivity contribution < 1.29 is 0 Å². The zero-order valence-electron chi connectivity index (χ0n) is 26.1. The molecule has 0 aliphatic rings. The maximum absolute atomic E-state index is 2.39. The number of rotatable bonds is 4. The van der Waals surface area contributed by atoms with Crippen molar-refractivity contribution in [2.24, 2.45) is 0 Å². The molecule has 2 heteroatoms. The Balaban J connectivity index is 1.20. The molecule has 0 aliphatic heterocycles. The predicted molar refractivity (Wildman–Crippen MR) is 209 cm³/mol. The molecule has 0 fully saturated rings. The van der Waals surface area contributed by atoms with Crippen LogP contribution in [0.25, 0.3) is 74.4 Å². The lowest BCUT2D eigenvalue weighted by Crippen LogP contribution is -2.10. The first-order valence-electron chi connectivity index (χ1n) is 16.4. The van der Waals surface area contributed by atoms with Crippen molar-refractivity contribution in [3.63, 3.8) is 0 Å². The third-order valence-electron chi connectivity index (χ3n) is 9.79. The van der Waals surface area contributed by atoms with Crippen LogP contribution in [0.1, 0.15) is 0 Å². The average Bonchev–Trinajstić information content (AvgIpc) is 3.54. The highest BCUT2D eigenvalue weighted by molar-refractivity contribution is 7.26. The Kier molecular flexibility index (Phi) is 6.12. The van der Waals surface area contributed by atoms with E-state index in [0.717, 1.165) is 17.1 Å². The predicted octanol–water partition coefficient (Wildman–Crippen LogP) is 13.8. The standard InChI is InChI=1S/C46H29NS/c1-2-8-30(9-3-1)32-18-22-37(23-19-32)47(38-24-20-31-10-4-5-11-35(31)28-38)39-25-26-40-36(29-39)17-16-33-14-15-34-21-27-43-46(45(34)44(33)40)41-12-6-7-13-42(41)48-43/h1-29H. The van der Waals surface area contributed by atoms with Gasteiger partial charge in [-0.2, -0.15) is 0 Å². The number of thiophene rings is 1. The quantitative estimate of drug-likeness (QED) is 0.176. The van der Waals surface area contributed by atoms with Gasteiger partial charge in [-0.1, -0.05) is 127 Å². The van der Waals surface area contributed by atoms with Crippen LogP contribution in [-0.4, -0.2) is 0 Å². The molecule has 1 nitrogen and oxygen atoms in total. The molecule has 0 bridgehead atoms. The molecule has 10 aromatic rings. The van der Waals surface area contributed by atoms with Crippen LogP contribution in [0.2, 0.25) is 0 Å². The zero-order valence-corrected chi connectivity index (χ0v) is 26.9. The second-order valence-electron chi connectivity index (χ2n) is 12.5. The molecule has 0 atom stereocenters. The van der Waals surface area contributed by atoms with Crippen molar-refractivity contribution in [1.29, 1.82) is 0 Å². The normalized spacial score (nSPS) is 11.8. The Morgan fingerprint density at radius 3 is 1.73 bits per heavy atom. The molecule has 0 spiro atoms. The summed E-state index contributed by atoms with van der Waals surface area (Å²) in [6.07, 6.45) is 0. The largest absolute Gasteiger partial charge is 0.310 e. The molecule has 0 radical (unpaired) electrons. The molecule has 0 saturated carbocycles. The van der Waals surface area contributed by atoms with Gasteiger partial charge in [0.15, 0.2) is 0 Å². The van der Waals surface area contributed by atoms with Gasteiger partial charge in [-0.15, -0.1) is 11.3 Å². The van der Waals surface area contributed by atoms with Crippen molar-refractivity contribution in [3.8, 4) is 11.1 Å². The van der Waals surface area contributed by atoms with Crippen LogP contribution in [0.3, 0.4) is 0 Å². The van der Waals surface area contributed by atoms with Crippen LogP contribution in [-0.2, 0) is 0 Å². The highest BCUT2D eigenvalue weighted by Gasteiger charge is 2.17. The third kappa shape index (κ3) is 4.31. The minimum absolute atomic E-state index is 1.13. The van der Waals surface area contributed by atoms with Gasteiger partial charge < -0.3 is 4.90 Å². The summed E-state index contributed by atoms with van der Waals surface area (Å²) in [5.41, 5.74) is 5.83. The van der Waals surface area contributed by atoms with Gasteiger partial charge in [-0.05, 0) is 103 Å². The Labute approximate surface area is 282 Å². The Hall–Kier alpha value is -5.96. The Bertz CT molecular complexity index is 2830. The summed E-state index contributed by atoms with van der Waals surface area (Å²) >= 11 is 1.89. The molecule has 0 unspecified atom stereocenters. The molecule has 1 heterocycles. The zero-order chi connectivity index (χ0) is 31.6. The third-order valence-corrected chi connectivity index (χ3v) is 10.9. The molecule has 1 aromatic heterocycles. The maximum Gasteiger partial charge on any atom is 0.0468 e. The van der Waals surface area contributed by atoms with E-state index in [1.54, 1.807) is 0 Å². The summed E-state index contributed by atoms with van der Waals surface area (Å²) in [6, 6.07) is 64.5. The summed E-state index contributed by atoms with van der Waals surface area (Å²) in [7, 11) is 0. The maximum atomic E-state index is 2.39. The van der Waals surface area contributed by atoms with E-state index in [9.17, 15) is 0 Å². The molecular weight excluding hydrogens is 599 g/mol. The summed E-state index contributed by atoms with van der Waals surface area (Å²) < 4.78 is 2.68. The number of hydrogen-bond donors (Lipinski definition) is 0. The fourth-order valence-corrected chi connectivity index (χ4v) is 8.62. The van der Waals surface area contributed by atoms with Gasteiger partial charge in [-0.25, -0.2) is 0 Å². The van der Waals surface area contributed by atoms with Gasteiger partial charge in [0.05, 0.1) is 0 Å². The SMILES string of the molecule is c1ccc(-c2ccc(N(c3ccc4ccccc4c3)c3ccc4c(ccc5ccc6ccc7sc8ccccc8c7c6c54)c3)cc2)cc1. The molecule has 9 aromatic carbocycles. The van der Waals surface area contributed by atoms with Gasteiger partial charge in [0, 0.05) is 37.2 Å². The topological polar surface area (TPSA) is 3.24 Å². The fraction of sp³-hybridized carbons (Fsp3) is 0. The lowest BCUT2D eigenvalue weighted by Gasteiger charge is -2.26. The van der Waals surface area contributed by atoms with Crippen molar-refractivity contribution >= 4 is 91.7 Å². The number of hydrogen-bond acceptors (Lipinski definition) is 2. The monoisotopic (exact) mass is 627 g/mol.